The topological polar surface area (TPSA) is 48.9 Å². The second-order valence-electron chi connectivity index (χ2n) is 3.90. The smallest absolute Gasteiger partial charge is 0.186 e. The van der Waals surface area contributed by atoms with Crippen molar-refractivity contribution >= 4 is 11.0 Å². The van der Waals surface area contributed by atoms with Gasteiger partial charge in [0.2, 0.25) is 0 Å². The summed E-state index contributed by atoms with van der Waals surface area (Å²) in [5.41, 5.74) is -0.930. The predicted molar refractivity (Wildman–Crippen MR) is 51.3 cm³/mol. The summed E-state index contributed by atoms with van der Waals surface area (Å²) in [7, 11) is 0. The molecule has 1 heterocycles. The van der Waals surface area contributed by atoms with Crippen LogP contribution in [0, 0.1) is 11.6 Å². The Kier molecular flexibility index (Phi) is 2.01. The molecule has 0 amide bonds. The monoisotopic (exact) mass is 212 g/mol. The van der Waals surface area contributed by atoms with Crippen molar-refractivity contribution in [3.05, 3.63) is 29.6 Å². The van der Waals surface area contributed by atoms with E-state index in [1.54, 1.807) is 0 Å². The second kappa shape index (κ2) is 3.00. The molecule has 0 bridgehead atoms. The number of hydrogen-bond donors (Lipinski definition) is 2. The third kappa shape index (κ3) is 1.59. The number of aromatic nitrogens is 2. The van der Waals surface area contributed by atoms with Gasteiger partial charge < -0.3 is 10.1 Å². The molecule has 0 fully saturated rings. The van der Waals surface area contributed by atoms with Gasteiger partial charge in [0.05, 0.1) is 5.52 Å². The molecular formula is C10H10F2N2O. The molecule has 3 nitrogen and oxygen atoms in total. The number of halogens is 2. The fraction of sp³-hybridized carbons (Fsp3) is 0.300. The van der Waals surface area contributed by atoms with Crippen LogP contribution in [0.15, 0.2) is 12.1 Å². The molecule has 1 aromatic carbocycles. The summed E-state index contributed by atoms with van der Waals surface area (Å²) >= 11 is 0. The van der Waals surface area contributed by atoms with Crippen molar-refractivity contribution in [1.29, 1.82) is 0 Å². The summed E-state index contributed by atoms with van der Waals surface area (Å²) in [6, 6.07) is 2.40. The number of benzene rings is 1. The summed E-state index contributed by atoms with van der Waals surface area (Å²) in [4.78, 5) is 6.56. The van der Waals surface area contributed by atoms with Gasteiger partial charge in [0.1, 0.15) is 16.9 Å². The number of rotatable bonds is 1. The first-order valence-electron chi connectivity index (χ1n) is 4.46. The molecule has 80 valence electrons. The molecule has 0 saturated heterocycles. The average Bonchev–Trinajstić information content (AvgIpc) is 2.55. The van der Waals surface area contributed by atoms with Crippen LogP contribution in [0.3, 0.4) is 0 Å². The molecule has 1 aromatic heterocycles. The zero-order chi connectivity index (χ0) is 11.2. The van der Waals surface area contributed by atoms with Crippen molar-refractivity contribution < 1.29 is 13.9 Å². The third-order valence-electron chi connectivity index (χ3n) is 2.13. The van der Waals surface area contributed by atoms with Crippen LogP contribution >= 0.6 is 0 Å². The first-order chi connectivity index (χ1) is 6.89. The van der Waals surface area contributed by atoms with Gasteiger partial charge in [-0.15, -0.1) is 0 Å². The molecule has 0 aliphatic rings. The molecule has 0 unspecified atom stereocenters. The molecular weight excluding hydrogens is 202 g/mol. The zero-order valence-electron chi connectivity index (χ0n) is 8.31. The van der Waals surface area contributed by atoms with E-state index in [0.717, 1.165) is 6.07 Å². The Bertz CT molecular complexity index is 514. The van der Waals surface area contributed by atoms with E-state index in [-0.39, 0.29) is 11.3 Å². The summed E-state index contributed by atoms with van der Waals surface area (Å²) in [5, 5.41) is 9.64. The van der Waals surface area contributed by atoms with E-state index in [4.69, 9.17) is 0 Å². The average molecular weight is 212 g/mol. The van der Waals surface area contributed by atoms with E-state index >= 15 is 0 Å². The van der Waals surface area contributed by atoms with Crippen molar-refractivity contribution in [2.45, 2.75) is 19.4 Å². The number of fused-ring (bicyclic) bond motifs is 1. The normalized spacial score (nSPS) is 12.3. The highest BCUT2D eigenvalue weighted by Crippen LogP contribution is 2.23. The molecule has 5 heteroatoms. The summed E-state index contributed by atoms with van der Waals surface area (Å²) in [6.45, 7) is 3.03. The Hall–Kier alpha value is -1.49. The lowest BCUT2D eigenvalue weighted by atomic mass is 10.1. The Morgan fingerprint density at radius 2 is 2.00 bits per heavy atom. The Morgan fingerprint density at radius 3 is 2.60 bits per heavy atom. The van der Waals surface area contributed by atoms with Gasteiger partial charge >= 0.3 is 0 Å². The van der Waals surface area contributed by atoms with Crippen LogP contribution in [0.2, 0.25) is 0 Å². The van der Waals surface area contributed by atoms with Crippen LogP contribution in [0.1, 0.15) is 19.7 Å². The van der Waals surface area contributed by atoms with E-state index in [0.29, 0.717) is 5.52 Å². The summed E-state index contributed by atoms with van der Waals surface area (Å²) in [5.74, 6) is -1.74. The van der Waals surface area contributed by atoms with Crippen molar-refractivity contribution in [3.63, 3.8) is 0 Å². The van der Waals surface area contributed by atoms with E-state index < -0.39 is 17.2 Å². The fourth-order valence-electron chi connectivity index (χ4n) is 1.31. The number of hydrogen-bond acceptors (Lipinski definition) is 2. The van der Waals surface area contributed by atoms with Gasteiger partial charge in [-0.2, -0.15) is 0 Å². The van der Waals surface area contributed by atoms with Crippen molar-refractivity contribution in [3.8, 4) is 0 Å². The van der Waals surface area contributed by atoms with Gasteiger partial charge in [0, 0.05) is 0 Å². The predicted octanol–water partition coefficient (Wildman–Crippen LogP) is 2.07. The molecule has 0 spiro atoms. The van der Waals surface area contributed by atoms with Gasteiger partial charge in [-0.05, 0) is 26.0 Å². The number of imidazole rings is 1. The van der Waals surface area contributed by atoms with E-state index in [9.17, 15) is 13.9 Å². The summed E-state index contributed by atoms with van der Waals surface area (Å²) in [6.07, 6.45) is 0. The van der Waals surface area contributed by atoms with Crippen LogP contribution in [0.4, 0.5) is 8.78 Å². The molecule has 0 saturated carbocycles. The van der Waals surface area contributed by atoms with E-state index in [2.05, 4.69) is 9.97 Å². The zero-order valence-corrected chi connectivity index (χ0v) is 8.31. The second-order valence-corrected chi connectivity index (χ2v) is 3.90. The van der Waals surface area contributed by atoms with E-state index in [1.165, 1.54) is 19.9 Å². The van der Waals surface area contributed by atoms with Crippen LogP contribution in [-0.2, 0) is 5.60 Å². The van der Waals surface area contributed by atoms with Gasteiger partial charge in [-0.25, -0.2) is 13.8 Å². The van der Waals surface area contributed by atoms with E-state index in [1.807, 2.05) is 0 Å². The molecule has 15 heavy (non-hydrogen) atoms. The Morgan fingerprint density at radius 1 is 1.33 bits per heavy atom. The molecule has 0 radical (unpaired) electrons. The number of nitrogens with zero attached hydrogens (tertiary/aromatic N) is 1. The number of nitrogens with one attached hydrogen (secondary N) is 1. The molecule has 0 aliphatic heterocycles. The minimum Gasteiger partial charge on any atom is -0.383 e. The fourth-order valence-corrected chi connectivity index (χ4v) is 1.31. The van der Waals surface area contributed by atoms with Crippen LogP contribution in [0.25, 0.3) is 11.0 Å². The molecule has 0 aliphatic carbocycles. The lowest BCUT2D eigenvalue weighted by Gasteiger charge is -2.12. The van der Waals surface area contributed by atoms with Crippen molar-refractivity contribution in [2.24, 2.45) is 0 Å². The lowest BCUT2D eigenvalue weighted by molar-refractivity contribution is 0.0700. The summed E-state index contributed by atoms with van der Waals surface area (Å²) < 4.78 is 26.1. The standard InChI is InChI=1S/C10H10F2N2O/c1-10(2,15)9-13-6-4-3-5(11)7(12)8(6)14-9/h3-4,15H,1-2H3,(H,13,14). The maximum atomic E-state index is 13.3. The van der Waals surface area contributed by atoms with Crippen LogP contribution in [-0.4, -0.2) is 15.1 Å². The number of aromatic amines is 1. The molecule has 2 aromatic rings. The number of aliphatic hydroxyl groups is 1. The first kappa shape index (κ1) is 10.0. The number of H-pyrrole nitrogens is 1. The minimum absolute atomic E-state index is 0.0906. The highest BCUT2D eigenvalue weighted by molar-refractivity contribution is 5.75. The highest BCUT2D eigenvalue weighted by atomic mass is 19.2. The Labute approximate surface area is 84.8 Å². The Balaban J connectivity index is 2.72. The highest BCUT2D eigenvalue weighted by Gasteiger charge is 2.22. The lowest BCUT2D eigenvalue weighted by Crippen LogP contribution is -2.17. The van der Waals surface area contributed by atoms with Crippen molar-refractivity contribution in [1.82, 2.24) is 9.97 Å². The quantitative estimate of drug-likeness (QED) is 0.760. The minimum atomic E-state index is -1.21. The maximum Gasteiger partial charge on any atom is 0.186 e. The van der Waals surface area contributed by atoms with Crippen LogP contribution < -0.4 is 0 Å². The molecule has 0 atom stereocenters. The first-order valence-corrected chi connectivity index (χ1v) is 4.46. The molecule has 2 N–H and O–H groups in total. The molecule has 2 rings (SSSR count). The van der Waals surface area contributed by atoms with Gasteiger partial charge in [0.25, 0.3) is 0 Å². The third-order valence-corrected chi connectivity index (χ3v) is 2.13. The maximum absolute atomic E-state index is 13.3. The van der Waals surface area contributed by atoms with Gasteiger partial charge in [-0.1, -0.05) is 0 Å². The largest absolute Gasteiger partial charge is 0.383 e. The van der Waals surface area contributed by atoms with Gasteiger partial charge in [-0.3, -0.25) is 0 Å². The van der Waals surface area contributed by atoms with Crippen LogP contribution in [0.5, 0.6) is 0 Å². The van der Waals surface area contributed by atoms with Gasteiger partial charge in [0.15, 0.2) is 11.6 Å². The SMILES string of the molecule is CC(C)(O)c1nc2c(F)c(F)ccc2[nH]1. The van der Waals surface area contributed by atoms with Crippen molar-refractivity contribution in [2.75, 3.05) is 0 Å².